The van der Waals surface area contributed by atoms with Crippen LogP contribution in [0.2, 0.25) is 0 Å². The van der Waals surface area contributed by atoms with Gasteiger partial charge in [-0.3, -0.25) is 4.90 Å². The summed E-state index contributed by atoms with van der Waals surface area (Å²) < 4.78 is 13.4. The molecule has 1 aliphatic heterocycles. The van der Waals surface area contributed by atoms with Crippen LogP contribution in [0.4, 0.5) is 4.39 Å². The number of nitrogens with zero attached hydrogens (tertiary/aromatic N) is 1. The van der Waals surface area contributed by atoms with Crippen molar-refractivity contribution in [1.29, 1.82) is 0 Å². The maximum absolute atomic E-state index is 13.4. The topological polar surface area (TPSA) is 23.5 Å². The first-order valence-electron chi connectivity index (χ1n) is 7.33. The number of aliphatic hydroxyl groups excluding tert-OH is 1. The van der Waals surface area contributed by atoms with E-state index in [1.807, 2.05) is 6.07 Å². The van der Waals surface area contributed by atoms with E-state index in [4.69, 9.17) is 5.11 Å². The standard InChI is InChI=1S/C17H22FNO/c1-14-6-3-2-4-10-19(14)13-16-8-9-17(18)12-15(16)7-5-11-20/h8-9,12,14,20H,2-4,6,10-11,13H2,1H3. The molecule has 0 saturated carbocycles. The van der Waals surface area contributed by atoms with Crippen LogP contribution in [-0.4, -0.2) is 29.2 Å². The van der Waals surface area contributed by atoms with Gasteiger partial charge < -0.3 is 5.11 Å². The SMILES string of the molecule is CC1CCCCCN1Cc1ccc(F)cc1C#CCO. The summed E-state index contributed by atoms with van der Waals surface area (Å²) in [7, 11) is 0. The first kappa shape index (κ1) is 15.0. The van der Waals surface area contributed by atoms with Crippen LogP contribution in [0.15, 0.2) is 18.2 Å². The Balaban J connectivity index is 2.18. The molecule has 108 valence electrons. The molecular formula is C17H22FNO. The fraction of sp³-hybridized carbons (Fsp3) is 0.529. The average molecular weight is 275 g/mol. The van der Waals surface area contributed by atoms with Gasteiger partial charge in [-0.2, -0.15) is 0 Å². The monoisotopic (exact) mass is 275 g/mol. The van der Waals surface area contributed by atoms with E-state index >= 15 is 0 Å². The fourth-order valence-corrected chi connectivity index (χ4v) is 2.73. The Labute approximate surface area is 120 Å². The predicted octanol–water partition coefficient (Wildman–Crippen LogP) is 2.93. The quantitative estimate of drug-likeness (QED) is 0.839. The summed E-state index contributed by atoms with van der Waals surface area (Å²) in [6.45, 7) is 3.95. The molecule has 0 aliphatic carbocycles. The second-order valence-electron chi connectivity index (χ2n) is 5.43. The minimum Gasteiger partial charge on any atom is -0.384 e. The number of hydrogen-bond acceptors (Lipinski definition) is 2. The van der Waals surface area contributed by atoms with E-state index in [0.717, 1.165) is 18.7 Å². The molecule has 1 aliphatic rings. The van der Waals surface area contributed by atoms with Crippen molar-refractivity contribution in [2.24, 2.45) is 0 Å². The van der Waals surface area contributed by atoms with Crippen LogP contribution in [0.5, 0.6) is 0 Å². The third-order valence-electron chi connectivity index (χ3n) is 3.94. The van der Waals surface area contributed by atoms with Gasteiger partial charge in [0.25, 0.3) is 0 Å². The van der Waals surface area contributed by atoms with Crippen molar-refractivity contribution in [2.75, 3.05) is 13.2 Å². The van der Waals surface area contributed by atoms with Gasteiger partial charge in [-0.25, -0.2) is 4.39 Å². The summed E-state index contributed by atoms with van der Waals surface area (Å²) in [5.41, 5.74) is 1.73. The zero-order chi connectivity index (χ0) is 14.4. The summed E-state index contributed by atoms with van der Waals surface area (Å²) in [5.74, 6) is 5.19. The zero-order valence-electron chi connectivity index (χ0n) is 12.0. The number of halogens is 1. The van der Waals surface area contributed by atoms with E-state index in [2.05, 4.69) is 23.7 Å². The van der Waals surface area contributed by atoms with E-state index in [-0.39, 0.29) is 12.4 Å². The molecule has 0 radical (unpaired) electrons. The molecule has 1 aromatic carbocycles. The molecule has 1 unspecified atom stereocenters. The smallest absolute Gasteiger partial charge is 0.124 e. The molecule has 1 heterocycles. The largest absolute Gasteiger partial charge is 0.384 e. The lowest BCUT2D eigenvalue weighted by molar-refractivity contribution is 0.204. The van der Waals surface area contributed by atoms with Crippen LogP contribution < -0.4 is 0 Å². The molecule has 0 aromatic heterocycles. The third kappa shape index (κ3) is 4.06. The molecule has 0 bridgehead atoms. The minimum absolute atomic E-state index is 0.198. The maximum Gasteiger partial charge on any atom is 0.124 e. The Kier molecular flexibility index (Phi) is 5.58. The molecular weight excluding hydrogens is 253 g/mol. The summed E-state index contributed by atoms with van der Waals surface area (Å²) >= 11 is 0. The minimum atomic E-state index is -0.278. The summed E-state index contributed by atoms with van der Waals surface area (Å²) in [4.78, 5) is 2.45. The predicted molar refractivity (Wildman–Crippen MR) is 78.7 cm³/mol. The van der Waals surface area contributed by atoms with E-state index in [1.54, 1.807) is 0 Å². The summed E-state index contributed by atoms with van der Waals surface area (Å²) in [5, 5.41) is 8.81. The lowest BCUT2D eigenvalue weighted by Crippen LogP contribution is -2.32. The molecule has 2 nitrogen and oxygen atoms in total. The Bertz CT molecular complexity index is 503. The number of likely N-dealkylation sites (tertiary alicyclic amines) is 1. The van der Waals surface area contributed by atoms with Crippen molar-refractivity contribution in [1.82, 2.24) is 4.90 Å². The van der Waals surface area contributed by atoms with Gasteiger partial charge in [0, 0.05) is 18.2 Å². The van der Waals surface area contributed by atoms with Gasteiger partial charge in [0.2, 0.25) is 0 Å². The number of benzene rings is 1. The van der Waals surface area contributed by atoms with Crippen LogP contribution in [0.3, 0.4) is 0 Å². The number of rotatable bonds is 2. The Morgan fingerprint density at radius 3 is 3.00 bits per heavy atom. The Morgan fingerprint density at radius 1 is 1.35 bits per heavy atom. The first-order chi connectivity index (χ1) is 9.70. The van der Waals surface area contributed by atoms with Crippen LogP contribution in [0, 0.1) is 17.7 Å². The van der Waals surface area contributed by atoms with Crippen molar-refractivity contribution in [3.8, 4) is 11.8 Å². The molecule has 0 amide bonds. The van der Waals surface area contributed by atoms with Crippen LogP contribution >= 0.6 is 0 Å². The van der Waals surface area contributed by atoms with Gasteiger partial charge in [0.1, 0.15) is 12.4 Å². The second-order valence-corrected chi connectivity index (χ2v) is 5.43. The number of hydrogen-bond donors (Lipinski definition) is 1. The lowest BCUT2D eigenvalue weighted by atomic mass is 10.1. The normalized spacial score (nSPS) is 20.1. The van der Waals surface area contributed by atoms with Crippen LogP contribution in [0.25, 0.3) is 0 Å². The van der Waals surface area contributed by atoms with Crippen LogP contribution in [0.1, 0.15) is 43.7 Å². The Morgan fingerprint density at radius 2 is 2.20 bits per heavy atom. The molecule has 2 rings (SSSR count). The second kappa shape index (κ2) is 7.42. The molecule has 1 aromatic rings. The highest BCUT2D eigenvalue weighted by molar-refractivity contribution is 5.41. The third-order valence-corrected chi connectivity index (χ3v) is 3.94. The van der Waals surface area contributed by atoms with Crippen molar-refractivity contribution in [3.63, 3.8) is 0 Å². The van der Waals surface area contributed by atoms with Crippen molar-refractivity contribution < 1.29 is 9.50 Å². The van der Waals surface area contributed by atoms with Gasteiger partial charge in [-0.1, -0.05) is 30.7 Å². The van der Waals surface area contributed by atoms with E-state index in [9.17, 15) is 4.39 Å². The van der Waals surface area contributed by atoms with Gasteiger partial charge in [-0.15, -0.1) is 0 Å². The van der Waals surface area contributed by atoms with Gasteiger partial charge in [0.05, 0.1) is 0 Å². The highest BCUT2D eigenvalue weighted by Gasteiger charge is 2.18. The molecule has 1 saturated heterocycles. The molecule has 1 N–H and O–H groups in total. The highest BCUT2D eigenvalue weighted by Crippen LogP contribution is 2.20. The fourth-order valence-electron chi connectivity index (χ4n) is 2.73. The Hall–Kier alpha value is -1.37. The van der Waals surface area contributed by atoms with Gasteiger partial charge in [0.15, 0.2) is 0 Å². The van der Waals surface area contributed by atoms with Gasteiger partial charge >= 0.3 is 0 Å². The van der Waals surface area contributed by atoms with E-state index < -0.39 is 0 Å². The van der Waals surface area contributed by atoms with Gasteiger partial charge in [-0.05, 0) is 44.0 Å². The van der Waals surface area contributed by atoms with Crippen molar-refractivity contribution in [3.05, 3.63) is 35.1 Å². The van der Waals surface area contributed by atoms with E-state index in [1.165, 1.54) is 37.8 Å². The molecule has 0 spiro atoms. The number of aliphatic hydroxyl groups is 1. The average Bonchev–Trinajstić information content (AvgIpc) is 2.64. The van der Waals surface area contributed by atoms with Crippen molar-refractivity contribution >= 4 is 0 Å². The molecule has 1 fully saturated rings. The zero-order valence-corrected chi connectivity index (χ0v) is 12.0. The summed E-state index contributed by atoms with van der Waals surface area (Å²) in [6.07, 6.45) is 5.03. The molecule has 1 atom stereocenters. The summed E-state index contributed by atoms with van der Waals surface area (Å²) in [6, 6.07) is 5.32. The van der Waals surface area contributed by atoms with Crippen LogP contribution in [-0.2, 0) is 6.54 Å². The lowest BCUT2D eigenvalue weighted by Gasteiger charge is -2.27. The first-order valence-corrected chi connectivity index (χ1v) is 7.33. The molecule has 20 heavy (non-hydrogen) atoms. The maximum atomic E-state index is 13.4. The van der Waals surface area contributed by atoms with E-state index in [0.29, 0.717) is 11.6 Å². The molecule has 3 heteroatoms. The van der Waals surface area contributed by atoms with Crippen molar-refractivity contribution in [2.45, 2.75) is 45.2 Å². The highest BCUT2D eigenvalue weighted by atomic mass is 19.1.